The number of hydrogen-bond acceptors (Lipinski definition) is 3. The zero-order chi connectivity index (χ0) is 16.4. The van der Waals surface area contributed by atoms with Crippen LogP contribution in [0.15, 0.2) is 42.6 Å². The van der Waals surface area contributed by atoms with Gasteiger partial charge in [-0.2, -0.15) is 0 Å². The number of carbonyl (C=O) groups is 1. The number of fused-ring (bicyclic) bond motifs is 1. The summed E-state index contributed by atoms with van der Waals surface area (Å²) < 4.78 is 7.35. The lowest BCUT2D eigenvalue weighted by Crippen LogP contribution is -2.12. The summed E-state index contributed by atoms with van der Waals surface area (Å²) in [5.41, 5.74) is 3.42. The first-order chi connectivity index (χ1) is 11.1. The normalized spacial score (nSPS) is 10.7. The molecular weight excluding hydrogens is 290 g/mol. The molecule has 0 saturated heterocycles. The number of rotatable bonds is 4. The van der Waals surface area contributed by atoms with Gasteiger partial charge in [0, 0.05) is 18.2 Å². The van der Waals surface area contributed by atoms with Gasteiger partial charge in [-0.1, -0.05) is 25.1 Å². The van der Waals surface area contributed by atoms with Crippen LogP contribution in [0.25, 0.3) is 16.9 Å². The molecule has 0 fully saturated rings. The number of pyridine rings is 1. The maximum absolute atomic E-state index is 12.0. The molecule has 23 heavy (non-hydrogen) atoms. The summed E-state index contributed by atoms with van der Waals surface area (Å²) in [6.07, 6.45) is 2.37. The fourth-order valence-electron chi connectivity index (χ4n) is 2.52. The Morgan fingerprint density at radius 2 is 2.04 bits per heavy atom. The molecule has 3 aromatic rings. The lowest BCUT2D eigenvalue weighted by atomic mass is 10.1. The quantitative estimate of drug-likeness (QED) is 0.800. The van der Waals surface area contributed by atoms with Gasteiger partial charge in [0.25, 0.3) is 0 Å². The van der Waals surface area contributed by atoms with Crippen molar-refractivity contribution in [3.8, 4) is 17.0 Å². The summed E-state index contributed by atoms with van der Waals surface area (Å²) in [5, 5.41) is 2.97. The van der Waals surface area contributed by atoms with Crippen molar-refractivity contribution in [2.75, 3.05) is 12.4 Å². The second-order valence-corrected chi connectivity index (χ2v) is 5.35. The Morgan fingerprint density at radius 1 is 1.26 bits per heavy atom. The van der Waals surface area contributed by atoms with Gasteiger partial charge >= 0.3 is 0 Å². The Kier molecular flexibility index (Phi) is 4.02. The number of imidazole rings is 1. The molecule has 1 N–H and O–H groups in total. The predicted molar refractivity (Wildman–Crippen MR) is 90.8 cm³/mol. The minimum Gasteiger partial charge on any atom is -0.496 e. The standard InChI is InChI=1S/C18H19N3O2/c1-4-16(22)20-18-17(13-7-5-6-8-14(13)23-3)19-15-10-9-12(2)11-21(15)18/h5-11H,4H2,1-3H3,(H,20,22). The van der Waals surface area contributed by atoms with Crippen molar-refractivity contribution in [1.82, 2.24) is 9.38 Å². The Morgan fingerprint density at radius 3 is 2.78 bits per heavy atom. The predicted octanol–water partition coefficient (Wildman–Crippen LogP) is 3.67. The Labute approximate surface area is 134 Å². The van der Waals surface area contributed by atoms with Crippen molar-refractivity contribution >= 4 is 17.4 Å². The molecule has 118 valence electrons. The van der Waals surface area contributed by atoms with Crippen LogP contribution in [0.4, 0.5) is 5.82 Å². The van der Waals surface area contributed by atoms with Gasteiger partial charge in [0.1, 0.15) is 22.9 Å². The van der Waals surface area contributed by atoms with E-state index < -0.39 is 0 Å². The highest BCUT2D eigenvalue weighted by Gasteiger charge is 2.18. The van der Waals surface area contributed by atoms with Gasteiger partial charge in [0.05, 0.1) is 7.11 Å². The van der Waals surface area contributed by atoms with Gasteiger partial charge in [-0.25, -0.2) is 4.98 Å². The van der Waals surface area contributed by atoms with E-state index in [1.165, 1.54) is 0 Å². The van der Waals surface area contributed by atoms with Crippen LogP contribution in [0.2, 0.25) is 0 Å². The molecule has 0 atom stereocenters. The lowest BCUT2D eigenvalue weighted by molar-refractivity contribution is -0.115. The molecule has 5 nitrogen and oxygen atoms in total. The molecule has 2 heterocycles. The molecule has 0 bridgehead atoms. The van der Waals surface area contributed by atoms with Crippen LogP contribution in [-0.2, 0) is 4.79 Å². The van der Waals surface area contributed by atoms with Crippen molar-refractivity contribution < 1.29 is 9.53 Å². The SMILES string of the molecule is CCC(=O)Nc1c(-c2ccccc2OC)nc2ccc(C)cn12. The third-order valence-electron chi connectivity index (χ3n) is 3.71. The van der Waals surface area contributed by atoms with E-state index in [0.29, 0.717) is 17.9 Å². The van der Waals surface area contributed by atoms with Crippen LogP contribution in [0.1, 0.15) is 18.9 Å². The number of benzene rings is 1. The summed E-state index contributed by atoms with van der Waals surface area (Å²) in [7, 11) is 1.63. The number of amides is 1. The number of methoxy groups -OCH3 is 1. The first kappa shape index (κ1) is 15.1. The van der Waals surface area contributed by atoms with Crippen LogP contribution >= 0.6 is 0 Å². The number of nitrogens with one attached hydrogen (secondary N) is 1. The van der Waals surface area contributed by atoms with Gasteiger partial charge < -0.3 is 10.1 Å². The van der Waals surface area contributed by atoms with Crippen LogP contribution < -0.4 is 10.1 Å². The van der Waals surface area contributed by atoms with Crippen molar-refractivity contribution in [3.63, 3.8) is 0 Å². The molecular formula is C18H19N3O2. The molecule has 0 aliphatic rings. The molecule has 1 aromatic carbocycles. The van der Waals surface area contributed by atoms with E-state index in [9.17, 15) is 4.79 Å². The highest BCUT2D eigenvalue weighted by molar-refractivity contribution is 5.95. The van der Waals surface area contributed by atoms with Gasteiger partial charge in [-0.3, -0.25) is 9.20 Å². The number of para-hydroxylation sites is 1. The van der Waals surface area contributed by atoms with E-state index in [4.69, 9.17) is 4.74 Å². The smallest absolute Gasteiger partial charge is 0.225 e. The van der Waals surface area contributed by atoms with Crippen LogP contribution in [0.3, 0.4) is 0 Å². The molecule has 2 aromatic heterocycles. The fraction of sp³-hybridized carbons (Fsp3) is 0.222. The molecule has 1 amide bonds. The number of aryl methyl sites for hydroxylation is 1. The number of aromatic nitrogens is 2. The van der Waals surface area contributed by atoms with Crippen LogP contribution in [0.5, 0.6) is 5.75 Å². The Bertz CT molecular complexity index is 868. The number of anilines is 1. The van der Waals surface area contributed by atoms with E-state index in [0.717, 1.165) is 22.5 Å². The van der Waals surface area contributed by atoms with Crippen molar-refractivity contribution in [3.05, 3.63) is 48.2 Å². The van der Waals surface area contributed by atoms with Crippen molar-refractivity contribution in [1.29, 1.82) is 0 Å². The first-order valence-electron chi connectivity index (χ1n) is 7.56. The summed E-state index contributed by atoms with van der Waals surface area (Å²) >= 11 is 0. The summed E-state index contributed by atoms with van der Waals surface area (Å²) in [4.78, 5) is 16.7. The third-order valence-corrected chi connectivity index (χ3v) is 3.71. The second-order valence-electron chi connectivity index (χ2n) is 5.35. The van der Waals surface area contributed by atoms with E-state index in [1.807, 2.05) is 60.8 Å². The van der Waals surface area contributed by atoms with Gasteiger partial charge in [0.2, 0.25) is 5.91 Å². The molecule has 0 aliphatic heterocycles. The van der Waals surface area contributed by atoms with E-state index in [1.54, 1.807) is 7.11 Å². The average molecular weight is 309 g/mol. The zero-order valence-corrected chi connectivity index (χ0v) is 13.5. The number of nitrogens with zero attached hydrogens (tertiary/aromatic N) is 2. The average Bonchev–Trinajstić information content (AvgIpc) is 2.92. The Balaban J connectivity index is 2.26. The second kappa shape index (κ2) is 6.12. The molecule has 0 unspecified atom stereocenters. The van der Waals surface area contributed by atoms with Crippen molar-refractivity contribution in [2.24, 2.45) is 0 Å². The van der Waals surface area contributed by atoms with Gasteiger partial charge in [-0.15, -0.1) is 0 Å². The molecule has 3 rings (SSSR count). The summed E-state index contributed by atoms with van der Waals surface area (Å²) in [5.74, 6) is 1.34. The fourth-order valence-corrected chi connectivity index (χ4v) is 2.52. The van der Waals surface area contributed by atoms with Gasteiger partial charge in [-0.05, 0) is 30.7 Å². The Hall–Kier alpha value is -2.82. The molecule has 5 heteroatoms. The molecule has 0 saturated carbocycles. The number of hydrogen-bond donors (Lipinski definition) is 1. The molecule has 0 radical (unpaired) electrons. The first-order valence-corrected chi connectivity index (χ1v) is 7.56. The topological polar surface area (TPSA) is 55.6 Å². The number of carbonyl (C=O) groups excluding carboxylic acids is 1. The van der Waals surface area contributed by atoms with Crippen LogP contribution in [-0.4, -0.2) is 22.4 Å². The third kappa shape index (κ3) is 2.77. The van der Waals surface area contributed by atoms with Crippen molar-refractivity contribution in [2.45, 2.75) is 20.3 Å². The van der Waals surface area contributed by atoms with E-state index >= 15 is 0 Å². The minimum absolute atomic E-state index is 0.0514. The summed E-state index contributed by atoms with van der Waals surface area (Å²) in [6.45, 7) is 3.83. The number of ether oxygens (including phenoxy) is 1. The maximum atomic E-state index is 12.0. The van der Waals surface area contributed by atoms with Gasteiger partial charge in [0.15, 0.2) is 0 Å². The summed E-state index contributed by atoms with van der Waals surface area (Å²) in [6, 6.07) is 11.6. The van der Waals surface area contributed by atoms with E-state index in [-0.39, 0.29) is 5.91 Å². The monoisotopic (exact) mass is 309 g/mol. The molecule has 0 aliphatic carbocycles. The van der Waals surface area contributed by atoms with Crippen LogP contribution in [0, 0.1) is 6.92 Å². The van der Waals surface area contributed by atoms with E-state index in [2.05, 4.69) is 10.3 Å². The highest BCUT2D eigenvalue weighted by Crippen LogP contribution is 2.35. The largest absolute Gasteiger partial charge is 0.496 e. The lowest BCUT2D eigenvalue weighted by Gasteiger charge is -2.10. The molecule has 0 spiro atoms. The highest BCUT2D eigenvalue weighted by atomic mass is 16.5. The maximum Gasteiger partial charge on any atom is 0.225 e. The minimum atomic E-state index is -0.0514. The zero-order valence-electron chi connectivity index (χ0n) is 13.5.